The third-order valence-electron chi connectivity index (χ3n) is 9.62. The average molecular weight is 803 g/mol. The van der Waals surface area contributed by atoms with Crippen molar-refractivity contribution < 1.29 is 104 Å². The minimum atomic E-state index is -1.96. The summed E-state index contributed by atoms with van der Waals surface area (Å²) in [5.74, 6) is -2.64. The molecule has 3 aromatic rings. The van der Waals surface area contributed by atoms with Crippen LogP contribution in [0, 0.1) is 0 Å². The first-order valence-electron chi connectivity index (χ1n) is 17.1. The highest BCUT2D eigenvalue weighted by molar-refractivity contribution is 5.88. The molecule has 0 unspecified atom stereocenters. The maximum Gasteiger partial charge on any atom is 0.239 e. The zero-order valence-corrected chi connectivity index (χ0v) is 29.2. The van der Waals surface area contributed by atoms with E-state index in [9.17, 15) is 71.2 Å². The largest absolute Gasteiger partial charge is 0.507 e. The van der Waals surface area contributed by atoms with Gasteiger partial charge in [-0.2, -0.15) is 0 Å². The molecule has 0 spiro atoms. The van der Waals surface area contributed by atoms with Gasteiger partial charge < -0.3 is 104 Å². The first-order valence-corrected chi connectivity index (χ1v) is 17.1. The van der Waals surface area contributed by atoms with Gasteiger partial charge in [-0.15, -0.1) is 0 Å². The number of hydrogen-bond donors (Lipinski definition) is 13. The fraction of sp³-hybridized carbons (Fsp3) is 0.559. The van der Waals surface area contributed by atoms with Crippen LogP contribution in [0.3, 0.4) is 0 Å². The number of benzene rings is 2. The van der Waals surface area contributed by atoms with Crippen LogP contribution in [0.25, 0.3) is 22.3 Å². The summed E-state index contributed by atoms with van der Waals surface area (Å²) in [6, 6.07) is 5.68. The second-order valence-corrected chi connectivity index (χ2v) is 13.3. The molecule has 3 fully saturated rings. The normalized spacial score (nSPS) is 36.3. The van der Waals surface area contributed by atoms with Crippen LogP contribution < -0.4 is 19.6 Å². The Morgan fingerprint density at radius 1 is 0.625 bits per heavy atom. The van der Waals surface area contributed by atoms with Crippen molar-refractivity contribution in [1.29, 1.82) is 0 Å². The standard InChI is InChI=1S/C34H42O22/c1-49-14-4-10(2-3-12(14)37)30-31(56-34-29(48)25(44)21(40)17(8-36)54-34)23(42)19-13(38)5-11(6-15(19)52-30)51-33-28(47)26(45)22(41)18(55-33)9-50-32-27(46)24(43)20(39)16(7-35)53-32/h2-6,16-18,20-22,24-29,32-41,43-48H,7-9H2,1H3/t16-,17-,18-,20-,21-,22-,24+,25+,26+,27-,28+,29-,32-,33-,34-/m1/s1. The van der Waals surface area contributed by atoms with Gasteiger partial charge in [-0.1, -0.05) is 0 Å². The quantitative estimate of drug-likeness (QED) is 0.0863. The lowest BCUT2D eigenvalue weighted by molar-refractivity contribution is -0.323. The molecule has 0 bridgehead atoms. The minimum absolute atomic E-state index is 0.0226. The van der Waals surface area contributed by atoms with Crippen molar-refractivity contribution >= 4 is 11.0 Å². The summed E-state index contributed by atoms with van der Waals surface area (Å²) in [4.78, 5) is 14.0. The lowest BCUT2D eigenvalue weighted by Gasteiger charge is -2.42. The molecule has 3 aliphatic heterocycles. The van der Waals surface area contributed by atoms with Crippen LogP contribution in [0.2, 0.25) is 0 Å². The third kappa shape index (κ3) is 7.83. The van der Waals surface area contributed by atoms with Gasteiger partial charge in [0.1, 0.15) is 95.7 Å². The number of rotatable bonds is 11. The van der Waals surface area contributed by atoms with E-state index in [1.807, 2.05) is 0 Å². The summed E-state index contributed by atoms with van der Waals surface area (Å²) < 4.78 is 44.3. The Labute approximate surface area is 314 Å². The van der Waals surface area contributed by atoms with Crippen LogP contribution in [0.15, 0.2) is 39.5 Å². The SMILES string of the molecule is COc1cc(-c2oc3cc(O[C@@H]4O[C@H](CO[C@@H]5O[C@H](CO)[C@@H](O)[C@H](O)[C@H]5O)[C@@H](O)[C@H](O)[C@@H]4O)cc(O)c3c(=O)c2O[C@H]2O[C@H](CO)[C@@H](O)[C@H](O)[C@H]2O)ccc1O. The first-order chi connectivity index (χ1) is 26.6. The molecule has 2 aromatic carbocycles. The van der Waals surface area contributed by atoms with Crippen molar-refractivity contribution in [2.24, 2.45) is 0 Å². The second kappa shape index (κ2) is 16.9. The van der Waals surface area contributed by atoms with Gasteiger partial charge in [-0.25, -0.2) is 0 Å². The van der Waals surface area contributed by atoms with Gasteiger partial charge in [0.2, 0.25) is 23.8 Å². The first kappa shape index (κ1) is 41.7. The number of aliphatic hydroxyl groups is 11. The van der Waals surface area contributed by atoms with Crippen LogP contribution in [-0.2, 0) is 18.9 Å². The maximum atomic E-state index is 14.0. The highest BCUT2D eigenvalue weighted by atomic mass is 16.7. The van der Waals surface area contributed by atoms with Gasteiger partial charge in [0.25, 0.3) is 0 Å². The van der Waals surface area contributed by atoms with Crippen molar-refractivity contribution in [3.05, 3.63) is 40.6 Å². The van der Waals surface area contributed by atoms with Crippen LogP contribution in [0.4, 0.5) is 0 Å². The Morgan fingerprint density at radius 2 is 1.16 bits per heavy atom. The van der Waals surface area contributed by atoms with E-state index in [-0.39, 0.29) is 28.4 Å². The smallest absolute Gasteiger partial charge is 0.239 e. The number of phenols is 2. The number of ether oxygens (including phenoxy) is 7. The van der Waals surface area contributed by atoms with Crippen LogP contribution in [0.5, 0.6) is 28.7 Å². The molecule has 0 aliphatic carbocycles. The average Bonchev–Trinajstić information content (AvgIpc) is 3.18. The molecular formula is C34H42O22. The van der Waals surface area contributed by atoms with Crippen LogP contribution >= 0.6 is 0 Å². The van der Waals surface area contributed by atoms with Crippen molar-refractivity contribution in [2.75, 3.05) is 26.9 Å². The number of phenolic OH excluding ortho intramolecular Hbond substituents is 2. The zero-order chi connectivity index (χ0) is 40.7. The molecular weight excluding hydrogens is 760 g/mol. The summed E-state index contributed by atoms with van der Waals surface area (Å²) >= 11 is 0. The Bertz CT molecular complexity index is 1880. The van der Waals surface area contributed by atoms with E-state index in [2.05, 4.69) is 0 Å². The molecule has 0 amide bonds. The number of hydrogen-bond acceptors (Lipinski definition) is 22. The summed E-state index contributed by atoms with van der Waals surface area (Å²) in [6.45, 7) is -2.23. The fourth-order valence-corrected chi connectivity index (χ4v) is 6.40. The summed E-state index contributed by atoms with van der Waals surface area (Å²) in [7, 11) is 1.24. The summed E-state index contributed by atoms with van der Waals surface area (Å²) in [5, 5.41) is 133. The molecule has 4 heterocycles. The van der Waals surface area contributed by atoms with E-state index in [4.69, 9.17) is 37.6 Å². The number of aromatic hydroxyl groups is 2. The van der Waals surface area contributed by atoms with E-state index in [1.165, 1.54) is 25.3 Å². The van der Waals surface area contributed by atoms with Gasteiger partial charge >= 0.3 is 0 Å². The van der Waals surface area contributed by atoms with E-state index in [1.54, 1.807) is 0 Å². The van der Waals surface area contributed by atoms with Crippen molar-refractivity contribution in [3.63, 3.8) is 0 Å². The minimum Gasteiger partial charge on any atom is -0.507 e. The molecule has 1 aromatic heterocycles. The van der Waals surface area contributed by atoms with Crippen LogP contribution in [0.1, 0.15) is 0 Å². The van der Waals surface area contributed by atoms with Crippen molar-refractivity contribution in [1.82, 2.24) is 0 Å². The Balaban J connectivity index is 1.32. The van der Waals surface area contributed by atoms with Gasteiger partial charge in [0.15, 0.2) is 23.5 Å². The molecule has 6 rings (SSSR count). The molecule has 3 aliphatic rings. The predicted octanol–water partition coefficient (Wildman–Crippen LogP) is -4.94. The lowest BCUT2D eigenvalue weighted by Crippen LogP contribution is -2.62. The predicted molar refractivity (Wildman–Crippen MR) is 179 cm³/mol. The van der Waals surface area contributed by atoms with Gasteiger partial charge in [-0.05, 0) is 18.2 Å². The molecule has 56 heavy (non-hydrogen) atoms. The van der Waals surface area contributed by atoms with E-state index in [0.717, 1.165) is 12.1 Å². The maximum absolute atomic E-state index is 14.0. The third-order valence-corrected chi connectivity index (χ3v) is 9.62. The lowest BCUT2D eigenvalue weighted by atomic mass is 9.98. The van der Waals surface area contributed by atoms with E-state index >= 15 is 0 Å². The van der Waals surface area contributed by atoms with E-state index < -0.39 is 140 Å². The Morgan fingerprint density at radius 3 is 1.75 bits per heavy atom. The van der Waals surface area contributed by atoms with Gasteiger partial charge in [0.05, 0.1) is 26.9 Å². The molecule has 0 saturated carbocycles. The monoisotopic (exact) mass is 802 g/mol. The highest BCUT2D eigenvalue weighted by Gasteiger charge is 2.49. The molecule has 22 nitrogen and oxygen atoms in total. The fourth-order valence-electron chi connectivity index (χ4n) is 6.40. The molecule has 13 N–H and O–H groups in total. The molecule has 15 atom stereocenters. The summed E-state index contributed by atoms with van der Waals surface area (Å²) in [6.07, 6.45) is -26.1. The van der Waals surface area contributed by atoms with Gasteiger partial charge in [0, 0.05) is 17.7 Å². The summed E-state index contributed by atoms with van der Waals surface area (Å²) in [5.41, 5.74) is -1.44. The molecule has 310 valence electrons. The van der Waals surface area contributed by atoms with Crippen molar-refractivity contribution in [2.45, 2.75) is 92.1 Å². The molecule has 22 heteroatoms. The topological polar surface area (TPSA) is 358 Å². The highest BCUT2D eigenvalue weighted by Crippen LogP contribution is 2.40. The van der Waals surface area contributed by atoms with Crippen LogP contribution in [-0.4, -0.2) is 185 Å². The molecule has 3 saturated heterocycles. The van der Waals surface area contributed by atoms with Crippen molar-refractivity contribution in [3.8, 4) is 40.1 Å². The zero-order valence-electron chi connectivity index (χ0n) is 29.2. The van der Waals surface area contributed by atoms with E-state index in [0.29, 0.717) is 0 Å². The number of aliphatic hydroxyl groups excluding tert-OH is 11. The Hall–Kier alpha value is -3.95. The van der Waals surface area contributed by atoms with Gasteiger partial charge in [-0.3, -0.25) is 4.79 Å². The number of methoxy groups -OCH3 is 1. The molecule has 0 radical (unpaired) electrons. The Kier molecular flexibility index (Phi) is 12.6. The number of fused-ring (bicyclic) bond motifs is 1. The second-order valence-electron chi connectivity index (χ2n) is 13.3.